The number of thioether (sulfide) groups is 1. The van der Waals surface area contributed by atoms with E-state index < -0.39 is 28.7 Å². The number of ether oxygens (including phenoxy) is 2. The van der Waals surface area contributed by atoms with Crippen molar-refractivity contribution in [3.05, 3.63) is 49.6 Å². The second-order valence-corrected chi connectivity index (χ2v) is 13.2. The second-order valence-electron chi connectivity index (χ2n) is 11.7. The number of fused-ring (bicyclic) bond motifs is 1. The lowest BCUT2D eigenvalue weighted by Gasteiger charge is -2.42. The van der Waals surface area contributed by atoms with Crippen LogP contribution < -0.4 is 9.64 Å². The van der Waals surface area contributed by atoms with Gasteiger partial charge in [0.2, 0.25) is 5.91 Å². The van der Waals surface area contributed by atoms with Crippen LogP contribution in [0.15, 0.2) is 49.6 Å². The van der Waals surface area contributed by atoms with Crippen LogP contribution in [0.25, 0.3) is 0 Å². The van der Waals surface area contributed by atoms with Crippen LogP contribution in [0.4, 0.5) is 5.69 Å². The molecule has 1 aromatic carbocycles. The van der Waals surface area contributed by atoms with Crippen molar-refractivity contribution in [2.24, 2.45) is 23.7 Å². The topological polar surface area (TPSA) is 96.4 Å². The third kappa shape index (κ3) is 5.43. The van der Waals surface area contributed by atoms with Crippen molar-refractivity contribution >= 4 is 35.2 Å². The number of unbranched alkanes of at least 4 members (excludes halogenated alkanes) is 2. The minimum absolute atomic E-state index is 0.00925. The van der Waals surface area contributed by atoms with Crippen LogP contribution >= 0.6 is 11.8 Å². The van der Waals surface area contributed by atoms with E-state index in [1.807, 2.05) is 32.1 Å². The highest BCUT2D eigenvalue weighted by molar-refractivity contribution is 8.02. The molecular formula is C32H44N2O6S. The fraction of sp³-hybridized carbons (Fsp3) is 0.594. The molecule has 4 rings (SSSR count). The Morgan fingerprint density at radius 2 is 1.93 bits per heavy atom. The normalized spacial score (nSPS) is 28.9. The summed E-state index contributed by atoms with van der Waals surface area (Å²) in [7, 11) is 1.59. The van der Waals surface area contributed by atoms with Gasteiger partial charge in [-0.3, -0.25) is 14.4 Å². The Morgan fingerprint density at radius 1 is 1.22 bits per heavy atom. The van der Waals surface area contributed by atoms with Gasteiger partial charge in [-0.1, -0.05) is 32.9 Å². The zero-order chi connectivity index (χ0) is 29.9. The zero-order valence-corrected chi connectivity index (χ0v) is 25.5. The average Bonchev–Trinajstić information content (AvgIpc) is 3.55. The van der Waals surface area contributed by atoms with Crippen LogP contribution in [0, 0.1) is 23.7 Å². The summed E-state index contributed by atoms with van der Waals surface area (Å²) in [5.74, 6) is -1.56. The summed E-state index contributed by atoms with van der Waals surface area (Å²) < 4.78 is 10.2. The summed E-state index contributed by atoms with van der Waals surface area (Å²) in [6.45, 7) is 13.8. The Balaban J connectivity index is 1.75. The number of hydrogen-bond donors (Lipinski definition) is 1. The van der Waals surface area contributed by atoms with Gasteiger partial charge < -0.3 is 24.4 Å². The van der Waals surface area contributed by atoms with E-state index in [2.05, 4.69) is 20.1 Å². The molecule has 1 spiro atoms. The number of aliphatic hydroxyl groups excluding tert-OH is 1. The molecule has 0 radical (unpaired) electrons. The van der Waals surface area contributed by atoms with Crippen LogP contribution in [-0.2, 0) is 19.1 Å². The molecule has 0 saturated carbocycles. The van der Waals surface area contributed by atoms with Crippen molar-refractivity contribution in [1.29, 1.82) is 0 Å². The summed E-state index contributed by atoms with van der Waals surface area (Å²) in [6, 6.07) is 5.80. The van der Waals surface area contributed by atoms with E-state index in [-0.39, 0.29) is 48.0 Å². The van der Waals surface area contributed by atoms with Crippen molar-refractivity contribution < 1.29 is 29.0 Å². The predicted molar refractivity (Wildman–Crippen MR) is 162 cm³/mol. The van der Waals surface area contributed by atoms with E-state index >= 15 is 0 Å². The van der Waals surface area contributed by atoms with Crippen molar-refractivity contribution in [2.75, 3.05) is 31.8 Å². The number of anilines is 1. The molecule has 2 bridgehead atoms. The largest absolute Gasteiger partial charge is 0.497 e. The van der Waals surface area contributed by atoms with Gasteiger partial charge in [0.15, 0.2) is 0 Å². The Morgan fingerprint density at radius 3 is 2.51 bits per heavy atom. The van der Waals surface area contributed by atoms with Crippen molar-refractivity contribution in [3.63, 3.8) is 0 Å². The molecule has 8 nitrogen and oxygen atoms in total. The SMILES string of the molecule is C=CCCCCOC(=O)[C@@H]1[C@H]2C(=O)N([C@@H](CO)C(C)C)C(C(=O)N(CC=C)c3ccc(OC)cc3)C23S[C@@H]1CC3C. The van der Waals surface area contributed by atoms with Crippen LogP contribution in [0.1, 0.15) is 46.5 Å². The number of nitrogens with zero attached hydrogens (tertiary/aromatic N) is 2. The van der Waals surface area contributed by atoms with Crippen LogP contribution in [0.2, 0.25) is 0 Å². The monoisotopic (exact) mass is 584 g/mol. The maximum absolute atomic E-state index is 14.7. The van der Waals surface area contributed by atoms with Gasteiger partial charge in [-0.25, -0.2) is 0 Å². The lowest BCUT2D eigenvalue weighted by Crippen LogP contribution is -2.60. The van der Waals surface area contributed by atoms with Gasteiger partial charge in [0.1, 0.15) is 11.8 Å². The number of methoxy groups -OCH3 is 1. The molecule has 3 unspecified atom stereocenters. The molecule has 3 saturated heterocycles. The fourth-order valence-electron chi connectivity index (χ4n) is 7.01. The van der Waals surface area contributed by atoms with Gasteiger partial charge in [-0.2, -0.15) is 0 Å². The molecule has 2 amide bonds. The van der Waals surface area contributed by atoms with Crippen LogP contribution in [0.5, 0.6) is 5.75 Å². The maximum Gasteiger partial charge on any atom is 0.310 e. The molecule has 224 valence electrons. The van der Waals surface area contributed by atoms with E-state index in [0.29, 0.717) is 18.0 Å². The molecule has 1 N–H and O–H groups in total. The number of allylic oxidation sites excluding steroid dienone is 1. The maximum atomic E-state index is 14.7. The first-order valence-corrected chi connectivity index (χ1v) is 15.5. The predicted octanol–water partition coefficient (Wildman–Crippen LogP) is 4.47. The molecule has 3 heterocycles. The summed E-state index contributed by atoms with van der Waals surface area (Å²) in [6.07, 6.45) is 6.69. The van der Waals surface area contributed by atoms with Crippen molar-refractivity contribution in [1.82, 2.24) is 4.90 Å². The van der Waals surface area contributed by atoms with E-state index in [0.717, 1.165) is 25.7 Å². The third-order valence-corrected chi connectivity index (χ3v) is 11.1. The van der Waals surface area contributed by atoms with E-state index in [4.69, 9.17) is 9.47 Å². The number of amides is 2. The smallest absolute Gasteiger partial charge is 0.310 e. The second kappa shape index (κ2) is 13.0. The zero-order valence-electron chi connectivity index (χ0n) is 24.7. The quantitative estimate of drug-likeness (QED) is 0.196. The summed E-state index contributed by atoms with van der Waals surface area (Å²) >= 11 is 1.61. The number of likely N-dealkylation sites (tertiary alicyclic amines) is 1. The molecule has 3 aliphatic rings. The number of esters is 1. The fourth-order valence-corrected chi connectivity index (χ4v) is 9.40. The highest BCUT2D eigenvalue weighted by Gasteiger charge is 2.77. The average molecular weight is 585 g/mol. The van der Waals surface area contributed by atoms with Gasteiger partial charge in [0, 0.05) is 17.5 Å². The van der Waals surface area contributed by atoms with E-state index in [1.54, 1.807) is 46.9 Å². The Bertz CT molecular complexity index is 1140. The number of rotatable bonds is 14. The molecule has 0 aliphatic carbocycles. The van der Waals surface area contributed by atoms with Gasteiger partial charge in [0.05, 0.1) is 42.9 Å². The van der Waals surface area contributed by atoms with Crippen LogP contribution in [-0.4, -0.2) is 76.7 Å². The van der Waals surface area contributed by atoms with Crippen LogP contribution in [0.3, 0.4) is 0 Å². The first-order chi connectivity index (χ1) is 19.7. The van der Waals surface area contributed by atoms with E-state index in [1.165, 1.54) is 0 Å². The highest BCUT2D eigenvalue weighted by atomic mass is 32.2. The molecule has 3 fully saturated rings. The Hall–Kier alpha value is -2.78. The van der Waals surface area contributed by atoms with Crippen molar-refractivity contribution in [2.45, 2.75) is 68.5 Å². The third-order valence-electron chi connectivity index (χ3n) is 9.01. The molecule has 9 heteroatoms. The minimum Gasteiger partial charge on any atom is -0.497 e. The van der Waals surface area contributed by atoms with Gasteiger partial charge in [0.25, 0.3) is 5.91 Å². The molecule has 7 atom stereocenters. The van der Waals surface area contributed by atoms with E-state index in [9.17, 15) is 19.5 Å². The number of benzene rings is 1. The van der Waals surface area contributed by atoms with Crippen molar-refractivity contribution in [3.8, 4) is 5.75 Å². The standard InChI is InChI=1S/C32H44N2O6S/c1-7-9-10-11-17-40-31(38)26-25-18-21(5)32(41-25)27(26)29(36)34(24(19-35)20(3)4)28(32)30(37)33(16-8-2)22-12-14-23(39-6)15-13-22/h7-8,12-15,20-21,24-28,35H,1-2,9-11,16-19H2,3-6H3/t21?,24-,25+,26-,27-,28?,32?/m0/s1. The number of carbonyl (C=O) groups is 3. The number of carbonyl (C=O) groups excluding carboxylic acids is 3. The number of hydrogen-bond acceptors (Lipinski definition) is 7. The van der Waals surface area contributed by atoms with Gasteiger partial charge in [-0.15, -0.1) is 24.9 Å². The Labute approximate surface area is 248 Å². The molecule has 1 aromatic rings. The lowest BCUT2D eigenvalue weighted by atomic mass is 9.66. The number of aliphatic hydroxyl groups is 1. The molecular weight excluding hydrogens is 540 g/mol. The lowest BCUT2D eigenvalue weighted by molar-refractivity contribution is -0.155. The first-order valence-electron chi connectivity index (χ1n) is 14.6. The molecule has 0 aromatic heterocycles. The summed E-state index contributed by atoms with van der Waals surface area (Å²) in [5.41, 5.74) is 0.661. The molecule has 41 heavy (non-hydrogen) atoms. The highest BCUT2D eigenvalue weighted by Crippen LogP contribution is 2.69. The summed E-state index contributed by atoms with van der Waals surface area (Å²) in [5, 5.41) is 10.4. The van der Waals surface area contributed by atoms with Gasteiger partial charge >= 0.3 is 5.97 Å². The minimum atomic E-state index is -0.850. The van der Waals surface area contributed by atoms with Gasteiger partial charge in [-0.05, 0) is 61.8 Å². The molecule has 3 aliphatic heterocycles. The summed E-state index contributed by atoms with van der Waals surface area (Å²) in [4.78, 5) is 46.0. The first kappa shape index (κ1) is 31.2. The Kier molecular flexibility index (Phi) is 9.90.